The number of aryl methyl sites for hydroxylation is 2. The van der Waals surface area contributed by atoms with Gasteiger partial charge in [0.25, 0.3) is 0 Å². The van der Waals surface area contributed by atoms with Crippen LogP contribution in [0.25, 0.3) is 0 Å². The number of carbonyl (C=O) groups excluding carboxylic acids is 1. The molecule has 0 fully saturated rings. The largest absolute Gasteiger partial charge is 0.458 e. The molecule has 27 heavy (non-hydrogen) atoms. The van der Waals surface area contributed by atoms with Gasteiger partial charge in [0.2, 0.25) is 5.78 Å². The molecule has 0 aliphatic heterocycles. The Morgan fingerprint density at radius 2 is 1.48 bits per heavy atom. The highest BCUT2D eigenvalue weighted by Gasteiger charge is 2.07. The fourth-order valence-corrected chi connectivity index (χ4v) is 2.44. The molecule has 1 heterocycles. The van der Waals surface area contributed by atoms with Crippen molar-refractivity contribution in [3.63, 3.8) is 0 Å². The zero-order valence-corrected chi connectivity index (χ0v) is 15.6. The van der Waals surface area contributed by atoms with E-state index in [1.54, 1.807) is 12.1 Å². The molecule has 0 spiro atoms. The Morgan fingerprint density at radius 3 is 2.04 bits per heavy atom. The van der Waals surface area contributed by atoms with E-state index in [0.29, 0.717) is 11.5 Å². The summed E-state index contributed by atoms with van der Waals surface area (Å²) in [5.41, 5.74) is 4.34. The molecule has 1 N–H and O–H groups in total. The number of rotatable bonds is 6. The summed E-state index contributed by atoms with van der Waals surface area (Å²) < 4.78 is 5.34. The first kappa shape index (κ1) is 18.3. The minimum Gasteiger partial charge on any atom is -0.458 e. The number of hydrogen-bond donors (Lipinski definition) is 1. The number of hydrogen-bond acceptors (Lipinski definition) is 5. The smallest absolute Gasteiger partial charge is 0.222 e. The third kappa shape index (κ3) is 5.25. The maximum Gasteiger partial charge on any atom is 0.222 e. The van der Waals surface area contributed by atoms with E-state index in [4.69, 9.17) is 4.42 Å². The van der Waals surface area contributed by atoms with Gasteiger partial charge in [-0.3, -0.25) is 4.79 Å². The first-order valence-corrected chi connectivity index (χ1v) is 8.64. The SMILES string of the molecule is C/C(=C\C(=O)c1ccc(C)o1)Nc1ccc(N=Nc2ccc(C)cc2)cc1. The van der Waals surface area contributed by atoms with Crippen molar-refractivity contribution in [3.8, 4) is 0 Å². The van der Waals surface area contributed by atoms with E-state index >= 15 is 0 Å². The van der Waals surface area contributed by atoms with Crippen LogP contribution in [0.1, 0.15) is 28.8 Å². The van der Waals surface area contributed by atoms with Crippen LogP contribution in [-0.4, -0.2) is 5.78 Å². The van der Waals surface area contributed by atoms with E-state index in [0.717, 1.165) is 22.8 Å². The van der Waals surface area contributed by atoms with Gasteiger partial charge >= 0.3 is 0 Å². The average Bonchev–Trinajstić information content (AvgIpc) is 3.09. The van der Waals surface area contributed by atoms with Crippen LogP contribution in [0.15, 0.2) is 87.1 Å². The summed E-state index contributed by atoms with van der Waals surface area (Å²) in [5, 5.41) is 11.6. The second-order valence-corrected chi connectivity index (χ2v) is 6.31. The summed E-state index contributed by atoms with van der Waals surface area (Å²) in [6, 6.07) is 18.8. The minimum absolute atomic E-state index is 0.170. The highest BCUT2D eigenvalue weighted by molar-refractivity contribution is 6.03. The van der Waals surface area contributed by atoms with Crippen molar-refractivity contribution in [2.45, 2.75) is 20.8 Å². The Kier molecular flexibility index (Phi) is 5.61. The molecule has 2 aromatic carbocycles. The average molecular weight is 359 g/mol. The molecule has 0 unspecified atom stereocenters. The lowest BCUT2D eigenvalue weighted by molar-refractivity contribution is 0.102. The lowest BCUT2D eigenvalue weighted by atomic mass is 10.2. The van der Waals surface area contributed by atoms with Crippen LogP contribution in [0.2, 0.25) is 0 Å². The van der Waals surface area contributed by atoms with E-state index in [1.807, 2.05) is 69.3 Å². The summed E-state index contributed by atoms with van der Waals surface area (Å²) in [6.45, 7) is 5.67. The Balaban J connectivity index is 1.62. The molecule has 0 aliphatic rings. The van der Waals surface area contributed by atoms with Crippen molar-refractivity contribution in [2.75, 3.05) is 5.32 Å². The van der Waals surface area contributed by atoms with Gasteiger partial charge in [-0.05, 0) is 69.3 Å². The number of furan rings is 1. The van der Waals surface area contributed by atoms with Gasteiger partial charge in [-0.1, -0.05) is 17.7 Å². The zero-order valence-electron chi connectivity index (χ0n) is 15.6. The number of nitrogens with one attached hydrogen (secondary N) is 1. The highest BCUT2D eigenvalue weighted by atomic mass is 16.3. The van der Waals surface area contributed by atoms with Crippen molar-refractivity contribution >= 4 is 22.8 Å². The highest BCUT2D eigenvalue weighted by Crippen LogP contribution is 2.21. The molecule has 1 aromatic heterocycles. The van der Waals surface area contributed by atoms with Crippen LogP contribution >= 0.6 is 0 Å². The molecule has 0 bridgehead atoms. The van der Waals surface area contributed by atoms with Crippen molar-refractivity contribution < 1.29 is 9.21 Å². The van der Waals surface area contributed by atoms with Gasteiger partial charge in [-0.2, -0.15) is 10.2 Å². The van der Waals surface area contributed by atoms with Crippen LogP contribution in [-0.2, 0) is 0 Å². The fourth-order valence-electron chi connectivity index (χ4n) is 2.44. The molecule has 3 rings (SSSR count). The van der Waals surface area contributed by atoms with E-state index in [1.165, 1.54) is 11.6 Å². The van der Waals surface area contributed by atoms with Gasteiger partial charge in [0.1, 0.15) is 5.76 Å². The first-order chi connectivity index (χ1) is 13.0. The van der Waals surface area contributed by atoms with Crippen LogP contribution in [0.3, 0.4) is 0 Å². The maximum absolute atomic E-state index is 12.1. The molecular weight excluding hydrogens is 338 g/mol. The standard InChI is InChI=1S/C22H21N3O2/c1-15-4-7-19(8-5-15)24-25-20-11-9-18(10-12-20)23-16(2)14-21(26)22-13-6-17(3)27-22/h4-14,23H,1-3H3/b16-14+,25-24?. The van der Waals surface area contributed by atoms with Gasteiger partial charge in [0, 0.05) is 17.5 Å². The molecule has 0 saturated heterocycles. The van der Waals surface area contributed by atoms with E-state index in [-0.39, 0.29) is 5.78 Å². The Morgan fingerprint density at radius 1 is 0.889 bits per heavy atom. The van der Waals surface area contributed by atoms with Gasteiger partial charge in [-0.25, -0.2) is 0 Å². The number of ketones is 1. The van der Waals surface area contributed by atoms with Gasteiger partial charge in [0.05, 0.1) is 11.4 Å². The van der Waals surface area contributed by atoms with Crippen LogP contribution in [0, 0.1) is 13.8 Å². The predicted octanol–water partition coefficient (Wildman–Crippen LogP) is 6.51. The van der Waals surface area contributed by atoms with Gasteiger partial charge < -0.3 is 9.73 Å². The molecule has 3 aromatic rings. The normalized spacial score (nSPS) is 11.7. The minimum atomic E-state index is -0.170. The number of nitrogens with zero attached hydrogens (tertiary/aromatic N) is 2. The molecule has 0 aliphatic carbocycles. The lowest BCUT2D eigenvalue weighted by Gasteiger charge is -2.06. The molecule has 5 nitrogen and oxygen atoms in total. The molecule has 0 saturated carbocycles. The van der Waals surface area contributed by atoms with Crippen LogP contribution < -0.4 is 5.32 Å². The summed E-state index contributed by atoms with van der Waals surface area (Å²) in [5.74, 6) is 0.880. The third-order valence-corrected chi connectivity index (χ3v) is 3.85. The van der Waals surface area contributed by atoms with Crippen LogP contribution in [0.4, 0.5) is 17.1 Å². The van der Waals surface area contributed by atoms with E-state index in [9.17, 15) is 4.79 Å². The molecular formula is C22H21N3O2. The summed E-state index contributed by atoms with van der Waals surface area (Å²) >= 11 is 0. The zero-order chi connectivity index (χ0) is 19.2. The molecule has 136 valence electrons. The van der Waals surface area contributed by atoms with Crippen LogP contribution in [0.5, 0.6) is 0 Å². The van der Waals surface area contributed by atoms with Crippen molar-refractivity contribution in [3.05, 3.63) is 89.5 Å². The second kappa shape index (κ2) is 8.27. The lowest BCUT2D eigenvalue weighted by Crippen LogP contribution is -2.00. The number of azo groups is 1. The molecule has 0 atom stereocenters. The number of anilines is 1. The predicted molar refractivity (Wildman–Crippen MR) is 107 cm³/mol. The Hall–Kier alpha value is -3.47. The quantitative estimate of drug-likeness (QED) is 0.310. The topological polar surface area (TPSA) is 67.0 Å². The fraction of sp³-hybridized carbons (Fsp3) is 0.136. The Labute approximate surface area is 158 Å². The monoisotopic (exact) mass is 359 g/mol. The maximum atomic E-state index is 12.1. The second-order valence-electron chi connectivity index (χ2n) is 6.31. The van der Waals surface area contributed by atoms with Gasteiger partial charge in [-0.15, -0.1) is 0 Å². The molecule has 0 radical (unpaired) electrons. The number of carbonyl (C=O) groups is 1. The van der Waals surface area contributed by atoms with Crippen molar-refractivity contribution in [1.29, 1.82) is 0 Å². The summed E-state index contributed by atoms with van der Waals surface area (Å²) in [7, 11) is 0. The molecule has 0 amide bonds. The number of allylic oxidation sites excluding steroid dienone is 2. The molecule has 5 heteroatoms. The van der Waals surface area contributed by atoms with Crippen molar-refractivity contribution in [1.82, 2.24) is 0 Å². The first-order valence-electron chi connectivity index (χ1n) is 8.64. The third-order valence-electron chi connectivity index (χ3n) is 3.85. The summed E-state index contributed by atoms with van der Waals surface area (Å²) in [4.78, 5) is 12.1. The summed E-state index contributed by atoms with van der Waals surface area (Å²) in [6.07, 6.45) is 1.52. The van der Waals surface area contributed by atoms with E-state index in [2.05, 4.69) is 15.5 Å². The van der Waals surface area contributed by atoms with Gasteiger partial charge in [0.15, 0.2) is 5.76 Å². The van der Waals surface area contributed by atoms with Crippen molar-refractivity contribution in [2.24, 2.45) is 10.2 Å². The number of benzene rings is 2. The Bertz CT molecular complexity index is 981. The van der Waals surface area contributed by atoms with E-state index < -0.39 is 0 Å².